The molecule has 3 nitrogen and oxygen atoms in total. The molecule has 0 aliphatic heterocycles. The van der Waals surface area contributed by atoms with Gasteiger partial charge in [0.15, 0.2) is 0 Å². The summed E-state index contributed by atoms with van der Waals surface area (Å²) < 4.78 is 0. The first kappa shape index (κ1) is 16.1. The highest BCUT2D eigenvalue weighted by Crippen LogP contribution is 2.19. The van der Waals surface area contributed by atoms with Crippen molar-refractivity contribution in [1.29, 1.82) is 0 Å². The molecule has 1 rings (SSSR count). The van der Waals surface area contributed by atoms with Crippen molar-refractivity contribution in [2.24, 2.45) is 5.73 Å². The van der Waals surface area contributed by atoms with Crippen molar-refractivity contribution in [1.82, 2.24) is 5.32 Å². The first-order chi connectivity index (χ1) is 8.81. The van der Waals surface area contributed by atoms with Crippen LogP contribution < -0.4 is 11.1 Å². The zero-order chi connectivity index (χ0) is 14.5. The number of carbonyl (C=O) groups excluding carboxylic acids is 1. The predicted octanol–water partition coefficient (Wildman–Crippen LogP) is 3.10. The number of benzene rings is 1. The Labute approximate surface area is 120 Å². The predicted molar refractivity (Wildman–Crippen MR) is 82.3 cm³/mol. The SMILES string of the molecule is CSc1ccc(C(C)NC(=O)CCC(C)(C)N)cc1. The maximum Gasteiger partial charge on any atom is 0.220 e. The van der Waals surface area contributed by atoms with Gasteiger partial charge in [0, 0.05) is 16.9 Å². The molecule has 0 heterocycles. The van der Waals surface area contributed by atoms with Gasteiger partial charge in [-0.1, -0.05) is 12.1 Å². The second-order valence-corrected chi connectivity index (χ2v) is 6.43. The van der Waals surface area contributed by atoms with E-state index in [1.165, 1.54) is 4.90 Å². The Morgan fingerprint density at radius 1 is 1.37 bits per heavy atom. The van der Waals surface area contributed by atoms with Crippen LogP contribution in [0.25, 0.3) is 0 Å². The van der Waals surface area contributed by atoms with Gasteiger partial charge >= 0.3 is 0 Å². The van der Waals surface area contributed by atoms with Gasteiger partial charge in [-0.2, -0.15) is 0 Å². The second-order valence-electron chi connectivity index (χ2n) is 5.55. The summed E-state index contributed by atoms with van der Waals surface area (Å²) in [6.45, 7) is 5.87. The molecule has 19 heavy (non-hydrogen) atoms. The number of hydrogen-bond acceptors (Lipinski definition) is 3. The number of rotatable bonds is 6. The molecule has 3 N–H and O–H groups in total. The van der Waals surface area contributed by atoms with Crippen LogP contribution in [0.3, 0.4) is 0 Å². The fraction of sp³-hybridized carbons (Fsp3) is 0.533. The van der Waals surface area contributed by atoms with Gasteiger partial charge in [-0.05, 0) is 51.1 Å². The highest BCUT2D eigenvalue weighted by atomic mass is 32.2. The smallest absolute Gasteiger partial charge is 0.220 e. The maximum atomic E-state index is 11.8. The summed E-state index contributed by atoms with van der Waals surface area (Å²) >= 11 is 1.71. The summed E-state index contributed by atoms with van der Waals surface area (Å²) in [5, 5.41) is 3.00. The average Bonchev–Trinajstić information content (AvgIpc) is 2.35. The quantitative estimate of drug-likeness (QED) is 0.787. The zero-order valence-electron chi connectivity index (χ0n) is 12.2. The van der Waals surface area contributed by atoms with Crippen LogP contribution in [0.2, 0.25) is 0 Å². The van der Waals surface area contributed by atoms with Crippen molar-refractivity contribution >= 4 is 17.7 Å². The molecular formula is C15H24N2OS. The fourth-order valence-corrected chi connectivity index (χ4v) is 2.13. The number of thioether (sulfide) groups is 1. The van der Waals surface area contributed by atoms with E-state index in [-0.39, 0.29) is 17.5 Å². The number of nitrogens with one attached hydrogen (secondary N) is 1. The third kappa shape index (κ3) is 6.12. The minimum Gasteiger partial charge on any atom is -0.350 e. The molecule has 1 aromatic rings. The number of hydrogen-bond donors (Lipinski definition) is 2. The van der Waals surface area contributed by atoms with Crippen LogP contribution in [0.4, 0.5) is 0 Å². The lowest BCUT2D eigenvalue weighted by atomic mass is 9.99. The van der Waals surface area contributed by atoms with E-state index < -0.39 is 0 Å². The van der Waals surface area contributed by atoms with Crippen molar-refractivity contribution in [2.75, 3.05) is 6.26 Å². The molecule has 0 saturated heterocycles. The van der Waals surface area contributed by atoms with E-state index in [4.69, 9.17) is 5.73 Å². The lowest BCUT2D eigenvalue weighted by Gasteiger charge is -2.19. The highest BCUT2D eigenvalue weighted by molar-refractivity contribution is 7.98. The van der Waals surface area contributed by atoms with Gasteiger partial charge < -0.3 is 11.1 Å². The van der Waals surface area contributed by atoms with Crippen LogP contribution in [0.15, 0.2) is 29.2 Å². The third-order valence-electron chi connectivity index (χ3n) is 2.99. The van der Waals surface area contributed by atoms with E-state index >= 15 is 0 Å². The van der Waals surface area contributed by atoms with Gasteiger partial charge in [-0.25, -0.2) is 0 Å². The Balaban J connectivity index is 2.49. The zero-order valence-corrected chi connectivity index (χ0v) is 13.0. The molecule has 0 aromatic heterocycles. The summed E-state index contributed by atoms with van der Waals surface area (Å²) in [6.07, 6.45) is 3.21. The van der Waals surface area contributed by atoms with Crippen LogP contribution in [0.5, 0.6) is 0 Å². The van der Waals surface area contributed by atoms with Gasteiger partial charge in [0.2, 0.25) is 5.91 Å². The molecular weight excluding hydrogens is 256 g/mol. The molecule has 0 bridgehead atoms. The Hall–Kier alpha value is -1.00. The Kier molecular flexibility index (Phi) is 5.88. The minimum atomic E-state index is -0.291. The van der Waals surface area contributed by atoms with E-state index in [0.29, 0.717) is 12.8 Å². The van der Waals surface area contributed by atoms with E-state index in [0.717, 1.165) is 5.56 Å². The third-order valence-corrected chi connectivity index (χ3v) is 3.73. The topological polar surface area (TPSA) is 55.1 Å². The molecule has 0 radical (unpaired) electrons. The van der Waals surface area contributed by atoms with E-state index in [2.05, 4.69) is 35.8 Å². The summed E-state index contributed by atoms with van der Waals surface area (Å²) in [6, 6.07) is 8.30. The van der Waals surface area contributed by atoms with Crippen LogP contribution >= 0.6 is 11.8 Å². The van der Waals surface area contributed by atoms with Gasteiger partial charge in [-0.3, -0.25) is 4.79 Å². The second kappa shape index (κ2) is 6.96. The summed E-state index contributed by atoms with van der Waals surface area (Å²) in [5.74, 6) is 0.0555. The largest absolute Gasteiger partial charge is 0.350 e. The van der Waals surface area contributed by atoms with Crippen molar-refractivity contribution in [3.8, 4) is 0 Å². The maximum absolute atomic E-state index is 11.8. The molecule has 106 valence electrons. The minimum absolute atomic E-state index is 0.0318. The normalized spacial score (nSPS) is 13.1. The van der Waals surface area contributed by atoms with Crippen LogP contribution in [0, 0.1) is 0 Å². The molecule has 1 atom stereocenters. The average molecular weight is 280 g/mol. The van der Waals surface area contributed by atoms with Gasteiger partial charge in [0.1, 0.15) is 0 Å². The summed E-state index contributed by atoms with van der Waals surface area (Å²) in [4.78, 5) is 13.1. The highest BCUT2D eigenvalue weighted by Gasteiger charge is 2.15. The molecule has 0 aliphatic rings. The molecule has 1 unspecified atom stereocenters. The van der Waals surface area contributed by atoms with Gasteiger partial charge in [0.05, 0.1) is 6.04 Å². The molecule has 4 heteroatoms. The lowest BCUT2D eigenvalue weighted by Crippen LogP contribution is -2.35. The summed E-state index contributed by atoms with van der Waals surface area (Å²) in [7, 11) is 0. The first-order valence-electron chi connectivity index (χ1n) is 6.54. The standard InChI is InChI=1S/C15H24N2OS/c1-11(12-5-7-13(19-4)8-6-12)17-14(18)9-10-15(2,3)16/h5-8,11H,9-10,16H2,1-4H3,(H,17,18). The van der Waals surface area contributed by atoms with E-state index in [9.17, 15) is 4.79 Å². The Morgan fingerprint density at radius 3 is 2.42 bits per heavy atom. The van der Waals surface area contributed by atoms with Gasteiger partial charge in [-0.15, -0.1) is 11.8 Å². The van der Waals surface area contributed by atoms with Crippen molar-refractivity contribution in [2.45, 2.75) is 50.1 Å². The Bertz CT molecular complexity index is 409. The first-order valence-corrected chi connectivity index (χ1v) is 7.76. The lowest BCUT2D eigenvalue weighted by molar-refractivity contribution is -0.122. The van der Waals surface area contributed by atoms with E-state index in [1.807, 2.05) is 20.8 Å². The molecule has 0 aliphatic carbocycles. The van der Waals surface area contributed by atoms with E-state index in [1.54, 1.807) is 11.8 Å². The van der Waals surface area contributed by atoms with Crippen LogP contribution in [0.1, 0.15) is 45.2 Å². The monoisotopic (exact) mass is 280 g/mol. The van der Waals surface area contributed by atoms with Crippen molar-refractivity contribution < 1.29 is 4.79 Å². The van der Waals surface area contributed by atoms with Gasteiger partial charge in [0.25, 0.3) is 0 Å². The number of nitrogens with two attached hydrogens (primary N) is 1. The molecule has 0 spiro atoms. The Morgan fingerprint density at radius 2 is 1.95 bits per heavy atom. The van der Waals surface area contributed by atoms with Crippen LogP contribution in [-0.4, -0.2) is 17.7 Å². The molecule has 0 fully saturated rings. The summed E-state index contributed by atoms with van der Waals surface area (Å²) in [5.41, 5.74) is 6.71. The van der Waals surface area contributed by atoms with Crippen molar-refractivity contribution in [3.63, 3.8) is 0 Å². The van der Waals surface area contributed by atoms with Crippen molar-refractivity contribution in [3.05, 3.63) is 29.8 Å². The van der Waals surface area contributed by atoms with Crippen LogP contribution in [-0.2, 0) is 4.79 Å². The fourth-order valence-electron chi connectivity index (χ4n) is 1.73. The number of amides is 1. The molecule has 1 amide bonds. The molecule has 1 aromatic carbocycles. The number of carbonyl (C=O) groups is 1. The molecule has 0 saturated carbocycles.